The van der Waals surface area contributed by atoms with E-state index in [1.54, 1.807) is 0 Å². The van der Waals surface area contributed by atoms with Crippen LogP contribution in [-0.4, -0.2) is 26.6 Å². The normalized spacial score (nSPS) is 21.5. The molecule has 0 N–H and O–H groups in total. The molecule has 5 aromatic rings. The quantitative estimate of drug-likeness (QED) is 0.171. The monoisotopic (exact) mass is 778 g/mol. The van der Waals surface area contributed by atoms with Gasteiger partial charge in [0.25, 0.3) is 0 Å². The van der Waals surface area contributed by atoms with Gasteiger partial charge in [0.2, 0.25) is 0 Å². The second kappa shape index (κ2) is 11.4. The van der Waals surface area contributed by atoms with Crippen LogP contribution in [0.4, 0.5) is 0 Å². The van der Waals surface area contributed by atoms with Gasteiger partial charge in [-0.1, -0.05) is 81.4 Å². The molecule has 3 heterocycles. The largest absolute Gasteiger partial charge is 2.00 e. The van der Waals surface area contributed by atoms with E-state index in [4.69, 9.17) is 19.5 Å². The fourth-order valence-electron chi connectivity index (χ4n) is 6.87. The fraction of sp³-hybridized carbons (Fsp3) is 0.385. The molecular weight excluding hydrogens is 738 g/mol. The van der Waals surface area contributed by atoms with Crippen LogP contribution in [0, 0.1) is 26.0 Å². The van der Waals surface area contributed by atoms with E-state index < -0.39 is 0 Å². The van der Waals surface area contributed by atoms with Crippen LogP contribution in [0.15, 0.2) is 65.8 Å². The van der Waals surface area contributed by atoms with Gasteiger partial charge < -0.3 is 14.0 Å². The maximum Gasteiger partial charge on any atom is 2.00 e. The Balaban J connectivity index is 0.00000357. The predicted octanol–water partition coefficient (Wildman–Crippen LogP) is 9.74. The number of ether oxygens (including phenoxy) is 2. The van der Waals surface area contributed by atoms with Crippen LogP contribution in [0.3, 0.4) is 0 Å². The molecule has 2 aliphatic rings. The second-order valence-corrected chi connectivity index (χ2v) is 14.2. The first-order valence-electron chi connectivity index (χ1n) is 15.9. The number of benzene rings is 3. The Kier molecular flexibility index (Phi) is 8.01. The van der Waals surface area contributed by atoms with Crippen molar-refractivity contribution in [3.05, 3.63) is 95.2 Å². The summed E-state index contributed by atoms with van der Waals surface area (Å²) in [7, 11) is 0. The summed E-state index contributed by atoms with van der Waals surface area (Å²) >= 11 is 0. The molecule has 1 aliphatic heterocycles. The average Bonchev–Trinajstić information content (AvgIpc) is 3.37. The Morgan fingerprint density at radius 3 is 2.44 bits per heavy atom. The van der Waals surface area contributed by atoms with E-state index in [1.807, 2.05) is 18.3 Å². The summed E-state index contributed by atoms with van der Waals surface area (Å²) in [5.41, 5.74) is 5.86. The first-order valence-corrected chi connectivity index (χ1v) is 15.9. The van der Waals surface area contributed by atoms with E-state index in [0.717, 1.165) is 46.2 Å². The molecule has 1 fully saturated rings. The molecule has 1 saturated carbocycles. The van der Waals surface area contributed by atoms with Gasteiger partial charge in [0, 0.05) is 23.2 Å². The van der Waals surface area contributed by atoms with Gasteiger partial charge in [-0.15, -0.1) is 29.1 Å². The summed E-state index contributed by atoms with van der Waals surface area (Å²) in [4.78, 5) is 9.98. The number of aryl methyl sites for hydroxylation is 2. The van der Waals surface area contributed by atoms with Crippen LogP contribution in [0.5, 0.6) is 11.5 Å². The van der Waals surface area contributed by atoms with Gasteiger partial charge in [0.1, 0.15) is 17.3 Å². The van der Waals surface area contributed by atoms with Crippen molar-refractivity contribution in [2.45, 2.75) is 97.1 Å². The molecular formula is C39H41N3O2Pt. The summed E-state index contributed by atoms with van der Waals surface area (Å²) in [6.45, 7) is 15.3. The minimum absolute atomic E-state index is 0. The number of aliphatic imine (C=N–C) groups is 1. The number of nitrogens with zero attached hydrogens (tertiary/aromatic N) is 3. The molecule has 0 unspecified atom stereocenters. The van der Waals surface area contributed by atoms with Crippen LogP contribution >= 0.6 is 0 Å². The molecule has 2 aromatic heterocycles. The van der Waals surface area contributed by atoms with Gasteiger partial charge in [0.15, 0.2) is 0 Å². The average molecular weight is 779 g/mol. The summed E-state index contributed by atoms with van der Waals surface area (Å²) < 4.78 is 15.3. The van der Waals surface area contributed by atoms with Crippen LogP contribution < -0.4 is 4.74 Å². The van der Waals surface area contributed by atoms with Crippen LogP contribution in [0.2, 0.25) is 0 Å². The first-order chi connectivity index (χ1) is 20.9. The number of hydrogen-bond acceptors (Lipinski definition) is 4. The molecule has 0 radical (unpaired) electrons. The Morgan fingerprint density at radius 2 is 1.64 bits per heavy atom. The molecule has 1 aliphatic carbocycles. The topological polar surface area (TPSA) is 48.6 Å². The maximum absolute atomic E-state index is 6.63. The summed E-state index contributed by atoms with van der Waals surface area (Å²) in [5, 5.41) is 2.28. The first kappa shape index (κ1) is 31.5. The Labute approximate surface area is 281 Å². The van der Waals surface area contributed by atoms with Crippen LogP contribution in [-0.2, 0) is 31.2 Å². The summed E-state index contributed by atoms with van der Waals surface area (Å²) in [5.74, 6) is 2.78. The van der Waals surface area contributed by atoms with E-state index >= 15 is 0 Å². The SMILES string of the molecule is Cc1cc(Oc2[c-]c3c(cc2)c2cc(C)ccc2n3-c2cc(C(C)(C)C)ccn2)[c-]c(C2=N[C@]3(C)CCCCC[C@]3(C)O2)c1.[Pt+2]. The Bertz CT molecular complexity index is 1950. The molecule has 6 heteroatoms. The maximum atomic E-state index is 6.63. The van der Waals surface area contributed by atoms with E-state index in [-0.39, 0.29) is 37.6 Å². The zero-order valence-corrected chi connectivity index (χ0v) is 29.6. The number of rotatable bonds is 4. The van der Waals surface area contributed by atoms with Gasteiger partial charge in [-0.3, -0.25) is 4.99 Å². The van der Waals surface area contributed by atoms with Crippen molar-refractivity contribution in [2.75, 3.05) is 0 Å². The van der Waals surface area contributed by atoms with Crippen molar-refractivity contribution in [1.29, 1.82) is 0 Å². The Hall–Kier alpha value is -3.43. The molecule has 45 heavy (non-hydrogen) atoms. The predicted molar refractivity (Wildman–Crippen MR) is 178 cm³/mol. The van der Waals surface area contributed by atoms with E-state index in [1.165, 1.54) is 35.8 Å². The summed E-state index contributed by atoms with van der Waals surface area (Å²) in [6, 6.07) is 26.1. The fourth-order valence-corrected chi connectivity index (χ4v) is 6.87. The second-order valence-electron chi connectivity index (χ2n) is 14.2. The molecule has 0 amide bonds. The molecule has 5 nitrogen and oxygen atoms in total. The Morgan fingerprint density at radius 1 is 0.844 bits per heavy atom. The standard InChI is InChI=1S/C39H41N3O2.Pt/c1-25-11-14-33-32(21-25)31-13-12-29(24-34(31)42(33)35-23-28(15-18-40-35)37(3,4)5)43-30-20-26(2)19-27(22-30)36-41-38(6)16-9-8-10-17-39(38,7)44-36;/h11-15,18-21,23H,8-10,16-17H2,1-7H3;/q-2;+2/t38-,39+;/m1./s1. The van der Waals surface area contributed by atoms with Gasteiger partial charge in [0.05, 0.1) is 5.54 Å². The molecule has 0 bridgehead atoms. The third-order valence-electron chi connectivity index (χ3n) is 9.71. The number of fused-ring (bicyclic) bond motifs is 4. The van der Waals surface area contributed by atoms with E-state index in [2.05, 4.69) is 108 Å². The van der Waals surface area contributed by atoms with Crippen molar-refractivity contribution < 1.29 is 30.5 Å². The molecule has 7 rings (SSSR count). The van der Waals surface area contributed by atoms with Crippen molar-refractivity contribution in [2.24, 2.45) is 4.99 Å². The minimum atomic E-state index is -0.291. The van der Waals surface area contributed by atoms with Crippen molar-refractivity contribution in [3.8, 4) is 17.3 Å². The smallest absolute Gasteiger partial charge is 0.512 e. The third kappa shape index (κ3) is 5.63. The van der Waals surface area contributed by atoms with Crippen LogP contribution in [0.25, 0.3) is 27.6 Å². The van der Waals surface area contributed by atoms with E-state index in [9.17, 15) is 0 Å². The summed E-state index contributed by atoms with van der Waals surface area (Å²) in [6.07, 6.45) is 7.55. The van der Waals surface area contributed by atoms with Gasteiger partial charge >= 0.3 is 21.1 Å². The zero-order valence-electron chi connectivity index (χ0n) is 27.3. The van der Waals surface area contributed by atoms with Gasteiger partial charge in [-0.2, -0.15) is 6.07 Å². The minimum Gasteiger partial charge on any atom is -0.512 e. The van der Waals surface area contributed by atoms with Gasteiger partial charge in [-0.05, 0) is 74.6 Å². The number of pyridine rings is 1. The molecule has 2 atom stereocenters. The number of hydrogen-bond donors (Lipinski definition) is 0. The zero-order chi connectivity index (χ0) is 30.9. The molecule has 234 valence electrons. The molecule has 0 spiro atoms. The van der Waals surface area contributed by atoms with Crippen molar-refractivity contribution >= 4 is 27.7 Å². The van der Waals surface area contributed by atoms with Crippen molar-refractivity contribution in [1.82, 2.24) is 9.55 Å². The van der Waals surface area contributed by atoms with Gasteiger partial charge in [-0.25, -0.2) is 4.98 Å². The third-order valence-corrected chi connectivity index (χ3v) is 9.71. The van der Waals surface area contributed by atoms with Crippen LogP contribution in [0.1, 0.15) is 89.0 Å². The molecule has 3 aromatic carbocycles. The molecule has 0 saturated heterocycles. The number of aromatic nitrogens is 2. The van der Waals surface area contributed by atoms with E-state index in [0.29, 0.717) is 17.4 Å². The van der Waals surface area contributed by atoms with Crippen molar-refractivity contribution in [3.63, 3.8) is 0 Å².